The number of alkyl halides is 18. The molecule has 0 aromatic rings. The molecule has 0 saturated carbocycles. The van der Waals surface area contributed by atoms with E-state index in [1.165, 1.54) is 0 Å². The zero-order chi connectivity index (χ0) is 28.6. The summed E-state index contributed by atoms with van der Waals surface area (Å²) < 4.78 is 238. The summed E-state index contributed by atoms with van der Waals surface area (Å²) in [7, 11) is 0. The van der Waals surface area contributed by atoms with Crippen molar-refractivity contribution in [2.75, 3.05) is 6.61 Å². The quantitative estimate of drug-likeness (QED) is 0.153. The van der Waals surface area contributed by atoms with E-state index < -0.39 is 73.3 Å². The molecule has 3 nitrogen and oxygen atoms in total. The predicted octanol–water partition coefficient (Wildman–Crippen LogP) is 6.99. The third-order valence-electron chi connectivity index (χ3n) is 3.57. The molecule has 21 heteroatoms. The van der Waals surface area contributed by atoms with Crippen LogP contribution in [0.2, 0.25) is 0 Å². The third kappa shape index (κ3) is 7.67. The number of halogens is 18. The summed E-state index contributed by atoms with van der Waals surface area (Å²) in [4.78, 5) is 0. The van der Waals surface area contributed by atoms with Crippen molar-refractivity contribution in [3.8, 4) is 0 Å². The molecule has 210 valence electrons. The van der Waals surface area contributed by atoms with Gasteiger partial charge in [0.2, 0.25) is 0 Å². The second-order valence-corrected chi connectivity index (χ2v) is 6.42. The Hall–Kier alpha value is -1.64. The Balaban J connectivity index is 6.38. The van der Waals surface area contributed by atoms with Crippen LogP contribution in [0.5, 0.6) is 0 Å². The van der Waals surface area contributed by atoms with Crippen molar-refractivity contribution in [2.24, 2.45) is 5.92 Å². The first-order valence-electron chi connectivity index (χ1n) is 8.00. The molecule has 0 radical (unpaired) electrons. The van der Waals surface area contributed by atoms with Crippen molar-refractivity contribution in [3.63, 3.8) is 0 Å². The first kappa shape index (κ1) is 33.4. The molecule has 0 rings (SSSR count). The minimum atomic E-state index is -7.83. The van der Waals surface area contributed by atoms with E-state index in [1.54, 1.807) is 0 Å². The molecule has 0 saturated heterocycles. The van der Waals surface area contributed by atoms with Gasteiger partial charge in [0.15, 0.2) is 0 Å². The SMILES string of the molecule is C=C(C)[C@@H](COC(OC(F)(F)C(F)(F)C(F)(F)C(F)(F)F)C(F)(F)OC(F)C(F)(F)F)C(F)(F)F. The largest absolute Gasteiger partial charge is 0.460 e. The maximum atomic E-state index is 13.8. The summed E-state index contributed by atoms with van der Waals surface area (Å²) >= 11 is 0. The highest BCUT2D eigenvalue weighted by Crippen LogP contribution is 2.54. The first-order chi connectivity index (χ1) is 15.0. The zero-order valence-corrected chi connectivity index (χ0v) is 16.2. The Morgan fingerprint density at radius 1 is 0.686 bits per heavy atom. The van der Waals surface area contributed by atoms with Gasteiger partial charge in [0.25, 0.3) is 12.6 Å². The van der Waals surface area contributed by atoms with Gasteiger partial charge in [-0.25, -0.2) is 4.39 Å². The zero-order valence-electron chi connectivity index (χ0n) is 16.2. The van der Waals surface area contributed by atoms with E-state index in [1.807, 2.05) is 0 Å². The Labute approximate surface area is 181 Å². The van der Waals surface area contributed by atoms with Crippen molar-refractivity contribution in [2.45, 2.75) is 62.2 Å². The highest BCUT2D eigenvalue weighted by molar-refractivity contribution is 5.00. The van der Waals surface area contributed by atoms with Crippen LogP contribution in [0.25, 0.3) is 0 Å². The van der Waals surface area contributed by atoms with Gasteiger partial charge in [-0.3, -0.25) is 9.47 Å². The molecular formula is C14H10F18O3. The van der Waals surface area contributed by atoms with Gasteiger partial charge in [0, 0.05) is 0 Å². The van der Waals surface area contributed by atoms with Gasteiger partial charge in [-0.15, -0.1) is 0 Å². The normalized spacial score (nSPS) is 17.8. The van der Waals surface area contributed by atoms with Crippen molar-refractivity contribution in [3.05, 3.63) is 12.2 Å². The van der Waals surface area contributed by atoms with Gasteiger partial charge in [-0.05, 0) is 6.92 Å². The Morgan fingerprint density at radius 2 is 1.11 bits per heavy atom. The van der Waals surface area contributed by atoms with Crippen LogP contribution < -0.4 is 0 Å². The minimum absolute atomic E-state index is 0.486. The van der Waals surface area contributed by atoms with Crippen LogP contribution in [0.3, 0.4) is 0 Å². The van der Waals surface area contributed by atoms with Gasteiger partial charge in [0.1, 0.15) is 0 Å². The summed E-state index contributed by atoms with van der Waals surface area (Å²) in [6.45, 7) is 0.686. The highest BCUT2D eigenvalue weighted by atomic mass is 19.4. The van der Waals surface area contributed by atoms with Crippen LogP contribution in [0, 0.1) is 5.92 Å². The summed E-state index contributed by atoms with van der Waals surface area (Å²) in [6, 6.07) is 0. The minimum Gasteiger partial charge on any atom is -0.344 e. The lowest BCUT2D eigenvalue weighted by Crippen LogP contribution is -2.63. The second kappa shape index (κ2) is 10.0. The number of ether oxygens (including phenoxy) is 3. The molecule has 0 aromatic heterocycles. The van der Waals surface area contributed by atoms with Crippen molar-refractivity contribution in [1.82, 2.24) is 0 Å². The highest BCUT2D eigenvalue weighted by Gasteiger charge is 2.83. The maximum Gasteiger partial charge on any atom is 0.460 e. The molecule has 2 unspecified atom stereocenters. The van der Waals surface area contributed by atoms with Crippen molar-refractivity contribution in [1.29, 1.82) is 0 Å². The Bertz CT molecular complexity index is 721. The predicted molar refractivity (Wildman–Crippen MR) is 73.1 cm³/mol. The number of hydrogen-bond acceptors (Lipinski definition) is 3. The summed E-state index contributed by atoms with van der Waals surface area (Å²) in [5.74, 6) is -18.8. The van der Waals surface area contributed by atoms with E-state index in [4.69, 9.17) is 0 Å². The molecule has 0 aromatic carbocycles. The molecule has 0 spiro atoms. The van der Waals surface area contributed by atoms with Crippen LogP contribution in [0.1, 0.15) is 6.92 Å². The molecule has 35 heavy (non-hydrogen) atoms. The molecule has 3 atom stereocenters. The average molecular weight is 568 g/mol. The standard InChI is InChI=1S/C14H10F18O3/c1-4(2)5(8(16,17)18)3-33-7(10(22,23)34-6(15)9(19,20)21)35-14(31,32)12(26,27)11(24,25)13(28,29)30/h5-7H,1,3H2,2H3/t5-,6?,7?/m1/s1. The van der Waals surface area contributed by atoms with Crippen LogP contribution in [-0.2, 0) is 14.2 Å². The fourth-order valence-electron chi connectivity index (χ4n) is 1.73. The van der Waals surface area contributed by atoms with Crippen LogP contribution >= 0.6 is 0 Å². The van der Waals surface area contributed by atoms with E-state index >= 15 is 0 Å². The summed E-state index contributed by atoms with van der Waals surface area (Å²) in [5.41, 5.74) is -1.10. The monoisotopic (exact) mass is 568 g/mol. The fraction of sp³-hybridized carbons (Fsp3) is 0.857. The van der Waals surface area contributed by atoms with Gasteiger partial charge < -0.3 is 4.74 Å². The molecule has 0 aliphatic carbocycles. The van der Waals surface area contributed by atoms with Gasteiger partial charge in [-0.2, -0.15) is 74.6 Å². The van der Waals surface area contributed by atoms with Gasteiger partial charge >= 0.3 is 42.6 Å². The molecule has 0 bridgehead atoms. The van der Waals surface area contributed by atoms with Crippen LogP contribution in [-0.4, -0.2) is 61.8 Å². The molecular weight excluding hydrogens is 558 g/mol. The first-order valence-corrected chi connectivity index (χ1v) is 8.00. The van der Waals surface area contributed by atoms with Crippen molar-refractivity contribution < 1.29 is 93.2 Å². The molecule has 0 amide bonds. The topological polar surface area (TPSA) is 27.7 Å². The van der Waals surface area contributed by atoms with E-state index in [0.717, 1.165) is 0 Å². The smallest absolute Gasteiger partial charge is 0.344 e. The molecule has 0 aliphatic rings. The molecule has 0 fully saturated rings. The lowest BCUT2D eigenvalue weighted by atomic mass is 10.0. The van der Waals surface area contributed by atoms with Crippen LogP contribution in [0.15, 0.2) is 12.2 Å². The molecule has 0 heterocycles. The Kier molecular flexibility index (Phi) is 9.55. The Morgan fingerprint density at radius 3 is 1.43 bits per heavy atom. The van der Waals surface area contributed by atoms with Crippen LogP contribution in [0.4, 0.5) is 79.0 Å². The van der Waals surface area contributed by atoms with Gasteiger partial charge in [0.05, 0.1) is 12.5 Å². The maximum absolute atomic E-state index is 13.8. The van der Waals surface area contributed by atoms with Gasteiger partial charge in [-0.1, -0.05) is 12.2 Å². The van der Waals surface area contributed by atoms with Crippen molar-refractivity contribution >= 4 is 0 Å². The molecule has 0 aliphatic heterocycles. The fourth-order valence-corrected chi connectivity index (χ4v) is 1.73. The lowest BCUT2D eigenvalue weighted by Gasteiger charge is -2.36. The summed E-state index contributed by atoms with van der Waals surface area (Å²) in [6.07, 6.45) is -43.6. The van der Waals surface area contributed by atoms with E-state index in [2.05, 4.69) is 20.8 Å². The number of hydrogen-bond donors (Lipinski definition) is 0. The van der Waals surface area contributed by atoms with E-state index in [0.29, 0.717) is 6.92 Å². The second-order valence-electron chi connectivity index (χ2n) is 6.42. The van der Waals surface area contributed by atoms with E-state index in [9.17, 15) is 79.0 Å². The molecule has 0 N–H and O–H groups in total. The summed E-state index contributed by atoms with van der Waals surface area (Å²) in [5, 5.41) is 0. The lowest BCUT2D eigenvalue weighted by molar-refractivity contribution is -0.495. The third-order valence-corrected chi connectivity index (χ3v) is 3.57. The van der Waals surface area contributed by atoms with E-state index in [-0.39, 0.29) is 0 Å². The average Bonchev–Trinajstić information content (AvgIpc) is 2.56. The number of rotatable bonds is 11.